The van der Waals surface area contributed by atoms with Gasteiger partial charge in [-0.05, 0) is 88.0 Å². The first-order valence-corrected chi connectivity index (χ1v) is 25.6. The van der Waals surface area contributed by atoms with E-state index in [1.54, 1.807) is 0 Å². The second-order valence-corrected chi connectivity index (χ2v) is 18.7. The predicted molar refractivity (Wildman–Crippen MR) is 311 cm³/mol. The molecule has 6 nitrogen and oxygen atoms in total. The molecular weight excluding hydrogens is 925 g/mol. The zero-order valence-electron chi connectivity index (χ0n) is 41.4. The number of pyridine rings is 2. The van der Waals surface area contributed by atoms with E-state index in [-0.39, 0.29) is 0 Å². The highest BCUT2D eigenvalue weighted by molar-refractivity contribution is 5.95. The van der Waals surface area contributed by atoms with Crippen molar-refractivity contribution in [2.24, 2.45) is 0 Å². The van der Waals surface area contributed by atoms with Crippen molar-refractivity contribution >= 4 is 0 Å². The fourth-order valence-electron chi connectivity index (χ4n) is 10.2. The lowest BCUT2D eigenvalue weighted by atomic mass is 9.93. The Morgan fingerprint density at radius 2 is 0.487 bits per heavy atom. The van der Waals surface area contributed by atoms with Gasteiger partial charge in [0.05, 0.1) is 34.2 Å². The third-order valence-corrected chi connectivity index (χ3v) is 13.8. The molecule has 0 N–H and O–H groups in total. The molecule has 6 heteroatoms. The topological polar surface area (TPSA) is 61.4 Å². The van der Waals surface area contributed by atoms with Crippen molar-refractivity contribution in [2.45, 2.75) is 0 Å². The van der Waals surface area contributed by atoms with Crippen LogP contribution in [0.2, 0.25) is 0 Å². The molecule has 13 rings (SSSR count). The molecule has 0 fully saturated rings. The Kier molecular flexibility index (Phi) is 12.2. The molecule has 0 aliphatic rings. The van der Waals surface area contributed by atoms with Gasteiger partial charge in [0.25, 0.3) is 0 Å². The van der Waals surface area contributed by atoms with E-state index >= 15 is 0 Å². The summed E-state index contributed by atoms with van der Waals surface area (Å²) in [5.74, 6) is 0. The maximum Gasteiger partial charge on any atom is 0.101 e. The van der Waals surface area contributed by atoms with Crippen LogP contribution in [0.5, 0.6) is 0 Å². The summed E-state index contributed by atoms with van der Waals surface area (Å²) in [5, 5.41) is 10.9. The van der Waals surface area contributed by atoms with Gasteiger partial charge in [-0.1, -0.05) is 237 Å². The monoisotopic (exact) mass is 972 g/mol. The summed E-state index contributed by atoms with van der Waals surface area (Å²) < 4.78 is 4.14. The SMILES string of the molecule is c1ccc(-c2cc(-c3cccc(-c4cc(-c5ccccc5)nc(-c5c(-c6ccccc6)c(-c6ccccc6)nn5-c5ccccc5)c4)c3)cc(-c3c(-c4ccccc4)c(-c4ccccc4)nn3-c3ccccc3)n2)cc1. The van der Waals surface area contributed by atoms with Gasteiger partial charge in [0.2, 0.25) is 0 Å². The van der Waals surface area contributed by atoms with Gasteiger partial charge in [0, 0.05) is 33.4 Å². The fraction of sp³-hybridized carbons (Fsp3) is 0. The van der Waals surface area contributed by atoms with Gasteiger partial charge >= 0.3 is 0 Å². The molecule has 4 heterocycles. The van der Waals surface area contributed by atoms with Gasteiger partial charge in [-0.15, -0.1) is 0 Å². The van der Waals surface area contributed by atoms with E-state index in [1.165, 1.54) is 0 Å². The third kappa shape index (κ3) is 8.90. The van der Waals surface area contributed by atoms with Crippen molar-refractivity contribution in [3.05, 3.63) is 291 Å². The fourth-order valence-corrected chi connectivity index (χ4v) is 10.2. The molecule has 0 saturated heterocycles. The van der Waals surface area contributed by atoms with Gasteiger partial charge < -0.3 is 0 Å². The zero-order valence-corrected chi connectivity index (χ0v) is 41.4. The van der Waals surface area contributed by atoms with Crippen molar-refractivity contribution in [1.29, 1.82) is 0 Å². The summed E-state index contributed by atoms with van der Waals surface area (Å²) in [6.07, 6.45) is 0. The molecule has 0 aliphatic heterocycles. The lowest BCUT2D eigenvalue weighted by molar-refractivity contribution is 0.888. The van der Waals surface area contributed by atoms with E-state index in [9.17, 15) is 0 Å². The van der Waals surface area contributed by atoms with E-state index in [0.29, 0.717) is 0 Å². The Morgan fingerprint density at radius 1 is 0.211 bits per heavy atom. The molecule has 0 amide bonds. The molecular formula is C70H48N6. The van der Waals surface area contributed by atoms with Gasteiger partial charge in [-0.3, -0.25) is 0 Å². The molecule has 358 valence electrons. The molecule has 0 atom stereocenters. The standard InChI is InChI=1S/C70H48N6/c1-9-26-49(27-10-1)61-45-57(47-63(71-61)69-65(51-30-13-3-14-31-51)67(53-34-17-5-18-35-53)73-75(69)59-40-21-7-22-41-59)55-38-25-39-56(44-55)58-46-62(50-28-11-2-12-29-50)72-64(48-58)70-66(52-32-15-4-16-33-52)68(54-36-19-6-20-37-54)74-76(70)60-42-23-8-24-43-60/h1-48H. The second kappa shape index (κ2) is 20.3. The predicted octanol–water partition coefficient (Wildman–Crippen LogP) is 17.5. The molecule has 0 saturated carbocycles. The van der Waals surface area contributed by atoms with Crippen LogP contribution in [0.3, 0.4) is 0 Å². The van der Waals surface area contributed by atoms with Gasteiger partial charge in [-0.25, -0.2) is 19.3 Å². The number of rotatable bonds is 12. The number of hydrogen-bond acceptors (Lipinski definition) is 4. The van der Waals surface area contributed by atoms with Crippen LogP contribution in [0.1, 0.15) is 0 Å². The summed E-state index contributed by atoms with van der Waals surface area (Å²) in [4.78, 5) is 11.1. The van der Waals surface area contributed by atoms with Crippen LogP contribution < -0.4 is 0 Å². The Labute approximate surface area is 442 Å². The summed E-state index contributed by atoms with van der Waals surface area (Å²) in [6.45, 7) is 0. The van der Waals surface area contributed by atoms with Crippen LogP contribution in [0.25, 0.3) is 124 Å². The first-order valence-electron chi connectivity index (χ1n) is 25.6. The molecule has 13 aromatic rings. The van der Waals surface area contributed by atoms with Gasteiger partial charge in [-0.2, -0.15) is 10.2 Å². The van der Waals surface area contributed by atoms with Crippen LogP contribution in [0, 0.1) is 0 Å². The molecule has 9 aromatic carbocycles. The van der Waals surface area contributed by atoms with Gasteiger partial charge in [0.1, 0.15) is 22.8 Å². The average molecular weight is 973 g/mol. The molecule has 76 heavy (non-hydrogen) atoms. The Morgan fingerprint density at radius 3 is 0.829 bits per heavy atom. The minimum atomic E-state index is 0.800. The molecule has 0 unspecified atom stereocenters. The van der Waals surface area contributed by atoms with Crippen molar-refractivity contribution in [1.82, 2.24) is 29.5 Å². The normalized spacial score (nSPS) is 11.2. The quantitative estimate of drug-likeness (QED) is 0.122. The summed E-state index contributed by atoms with van der Waals surface area (Å²) >= 11 is 0. The summed E-state index contributed by atoms with van der Waals surface area (Å²) in [6, 6.07) is 101. The first kappa shape index (κ1) is 45.6. The number of nitrogens with zero attached hydrogens (tertiary/aromatic N) is 6. The minimum absolute atomic E-state index is 0.800. The van der Waals surface area contributed by atoms with E-state index in [0.717, 1.165) is 124 Å². The van der Waals surface area contributed by atoms with Crippen molar-refractivity contribution in [2.75, 3.05) is 0 Å². The average Bonchev–Trinajstić information content (AvgIpc) is 4.13. The van der Waals surface area contributed by atoms with E-state index < -0.39 is 0 Å². The third-order valence-electron chi connectivity index (χ3n) is 13.8. The smallest absolute Gasteiger partial charge is 0.101 e. The van der Waals surface area contributed by atoms with Crippen molar-refractivity contribution < 1.29 is 0 Å². The minimum Gasteiger partial charge on any atom is -0.246 e. The molecule has 0 radical (unpaired) electrons. The summed E-state index contributed by atoms with van der Waals surface area (Å²) in [7, 11) is 0. The second-order valence-electron chi connectivity index (χ2n) is 18.7. The lowest BCUT2D eigenvalue weighted by Crippen LogP contribution is -2.02. The Balaban J connectivity index is 1.04. The first-order chi connectivity index (χ1) is 37.7. The molecule has 0 spiro atoms. The van der Waals surface area contributed by atoms with Crippen LogP contribution in [0.4, 0.5) is 0 Å². The Bertz CT molecular complexity index is 3840. The number of para-hydroxylation sites is 2. The van der Waals surface area contributed by atoms with Gasteiger partial charge in [0.15, 0.2) is 0 Å². The van der Waals surface area contributed by atoms with Crippen molar-refractivity contribution in [3.63, 3.8) is 0 Å². The van der Waals surface area contributed by atoms with Crippen LogP contribution >= 0.6 is 0 Å². The van der Waals surface area contributed by atoms with E-state index in [4.69, 9.17) is 20.2 Å². The van der Waals surface area contributed by atoms with Crippen LogP contribution in [-0.4, -0.2) is 29.5 Å². The van der Waals surface area contributed by atoms with E-state index in [1.807, 2.05) is 36.4 Å². The Hall–Kier alpha value is -10.3. The maximum absolute atomic E-state index is 5.56. The van der Waals surface area contributed by atoms with E-state index in [2.05, 4.69) is 264 Å². The van der Waals surface area contributed by atoms with Crippen molar-refractivity contribution in [3.8, 4) is 124 Å². The number of hydrogen-bond donors (Lipinski definition) is 0. The molecule has 0 bridgehead atoms. The van der Waals surface area contributed by atoms with Crippen LogP contribution in [0.15, 0.2) is 291 Å². The lowest BCUT2D eigenvalue weighted by Gasteiger charge is -2.16. The molecule has 4 aromatic heterocycles. The zero-order chi connectivity index (χ0) is 50.6. The van der Waals surface area contributed by atoms with Crippen LogP contribution in [-0.2, 0) is 0 Å². The highest BCUT2D eigenvalue weighted by atomic mass is 15.3. The highest BCUT2D eigenvalue weighted by Gasteiger charge is 2.27. The number of aromatic nitrogens is 6. The maximum atomic E-state index is 5.56. The highest BCUT2D eigenvalue weighted by Crippen LogP contribution is 2.45. The summed E-state index contributed by atoms with van der Waals surface area (Å²) in [5.41, 5.74) is 21.1. The molecule has 0 aliphatic carbocycles. The largest absolute Gasteiger partial charge is 0.246 e. The number of benzene rings is 9.